The third kappa shape index (κ3) is 6.96. The minimum absolute atomic E-state index is 0.0354. The van der Waals surface area contributed by atoms with Crippen molar-refractivity contribution in [3.63, 3.8) is 0 Å². The minimum atomic E-state index is -0.890. The maximum atomic E-state index is 11.8. The second-order valence-corrected chi connectivity index (χ2v) is 6.51. The van der Waals surface area contributed by atoms with Gasteiger partial charge in [-0.15, -0.1) is 0 Å². The lowest BCUT2D eigenvalue weighted by molar-refractivity contribution is -0.151. The summed E-state index contributed by atoms with van der Waals surface area (Å²) < 4.78 is 0. The molecule has 4 nitrogen and oxygen atoms in total. The van der Waals surface area contributed by atoms with Gasteiger partial charge >= 0.3 is 11.9 Å². The Morgan fingerprint density at radius 1 is 0.714 bits per heavy atom. The van der Waals surface area contributed by atoms with E-state index in [0.717, 1.165) is 25.7 Å². The Labute approximate surface area is 127 Å². The number of carboxylic acids is 2. The van der Waals surface area contributed by atoms with Gasteiger partial charge in [0.05, 0.1) is 5.41 Å². The molecule has 0 atom stereocenters. The van der Waals surface area contributed by atoms with Crippen molar-refractivity contribution in [1.82, 2.24) is 0 Å². The summed E-state index contributed by atoms with van der Waals surface area (Å²) in [6.07, 6.45) is 12.9. The van der Waals surface area contributed by atoms with Gasteiger partial charge in [-0.3, -0.25) is 9.59 Å². The molecule has 1 fully saturated rings. The van der Waals surface area contributed by atoms with Crippen LogP contribution in [0.1, 0.15) is 89.9 Å². The highest BCUT2D eigenvalue weighted by Gasteiger charge is 2.37. The Kier molecular flexibility index (Phi) is 8.40. The average Bonchev–Trinajstić information content (AvgIpc) is 2.46. The molecule has 0 bridgehead atoms. The zero-order valence-electron chi connectivity index (χ0n) is 13.1. The van der Waals surface area contributed by atoms with E-state index in [-0.39, 0.29) is 12.8 Å². The van der Waals surface area contributed by atoms with E-state index >= 15 is 0 Å². The largest absolute Gasteiger partial charge is 0.481 e. The zero-order valence-corrected chi connectivity index (χ0v) is 13.1. The van der Waals surface area contributed by atoms with E-state index in [2.05, 4.69) is 0 Å². The van der Waals surface area contributed by atoms with E-state index in [1.807, 2.05) is 0 Å². The summed E-state index contributed by atoms with van der Waals surface area (Å²) in [5, 5.41) is 18.6. The second-order valence-electron chi connectivity index (χ2n) is 6.51. The minimum Gasteiger partial charge on any atom is -0.481 e. The van der Waals surface area contributed by atoms with Crippen LogP contribution < -0.4 is 0 Å². The first-order valence-electron chi connectivity index (χ1n) is 8.52. The van der Waals surface area contributed by atoms with Crippen molar-refractivity contribution < 1.29 is 19.8 Å². The fourth-order valence-corrected chi connectivity index (χ4v) is 3.38. The molecule has 1 aliphatic carbocycles. The van der Waals surface area contributed by atoms with Crippen LogP contribution >= 0.6 is 0 Å². The van der Waals surface area contributed by atoms with Crippen molar-refractivity contribution in [1.29, 1.82) is 0 Å². The predicted octanol–water partition coefficient (Wildman–Crippen LogP) is 4.62. The van der Waals surface area contributed by atoms with Crippen LogP contribution in [0.5, 0.6) is 0 Å². The monoisotopic (exact) mass is 298 g/mol. The molecule has 0 spiro atoms. The fraction of sp³-hybridized carbons (Fsp3) is 0.882. The number of carboxylic acid groups (broad SMARTS) is 2. The summed E-state index contributed by atoms with van der Waals surface area (Å²) in [4.78, 5) is 22.6. The molecule has 1 rings (SSSR count). The highest BCUT2D eigenvalue weighted by molar-refractivity contribution is 5.76. The number of aliphatic carboxylic acids is 2. The van der Waals surface area contributed by atoms with Gasteiger partial charge in [-0.1, -0.05) is 64.2 Å². The molecule has 0 saturated heterocycles. The second kappa shape index (κ2) is 9.80. The van der Waals surface area contributed by atoms with Crippen molar-refractivity contribution in [3.8, 4) is 0 Å². The number of rotatable bonds is 4. The van der Waals surface area contributed by atoms with Crippen molar-refractivity contribution in [2.75, 3.05) is 0 Å². The molecule has 0 aliphatic heterocycles. The number of hydrogen-bond acceptors (Lipinski definition) is 2. The third-order valence-corrected chi connectivity index (χ3v) is 4.83. The Bertz CT molecular complexity index is 311. The highest BCUT2D eigenvalue weighted by atomic mass is 16.4. The van der Waals surface area contributed by atoms with Gasteiger partial charge in [0.25, 0.3) is 0 Å². The number of hydrogen-bond donors (Lipinski definition) is 2. The van der Waals surface area contributed by atoms with Crippen LogP contribution in [0.2, 0.25) is 0 Å². The summed E-state index contributed by atoms with van der Waals surface area (Å²) in [5.41, 5.74) is -0.813. The van der Waals surface area contributed by atoms with Gasteiger partial charge in [-0.25, -0.2) is 0 Å². The maximum Gasteiger partial charge on any atom is 0.309 e. The van der Waals surface area contributed by atoms with Crippen LogP contribution in [0.25, 0.3) is 0 Å². The van der Waals surface area contributed by atoms with Crippen LogP contribution in [-0.2, 0) is 9.59 Å². The number of carbonyl (C=O) groups is 2. The van der Waals surface area contributed by atoms with E-state index in [9.17, 15) is 14.7 Å². The van der Waals surface area contributed by atoms with Gasteiger partial charge < -0.3 is 10.2 Å². The van der Waals surface area contributed by atoms with Gasteiger partial charge in [0, 0.05) is 6.42 Å². The summed E-state index contributed by atoms with van der Waals surface area (Å²) in [6.45, 7) is 0. The Morgan fingerprint density at radius 3 is 1.43 bits per heavy atom. The van der Waals surface area contributed by atoms with E-state index in [4.69, 9.17) is 5.11 Å². The molecule has 4 heteroatoms. The molecule has 0 aromatic carbocycles. The summed E-state index contributed by atoms with van der Waals surface area (Å²) in [7, 11) is 0. The summed E-state index contributed by atoms with van der Waals surface area (Å²) in [5.74, 6) is -1.68. The first-order chi connectivity index (χ1) is 10.1. The highest BCUT2D eigenvalue weighted by Crippen LogP contribution is 2.37. The van der Waals surface area contributed by atoms with Gasteiger partial charge in [0.2, 0.25) is 0 Å². The van der Waals surface area contributed by atoms with Crippen molar-refractivity contribution in [2.45, 2.75) is 89.9 Å². The Hall–Kier alpha value is -1.06. The SMILES string of the molecule is O=C(O)CCC1(C(=O)O)CCCCCCCCCCCC1. The molecule has 0 aromatic heterocycles. The zero-order chi connectivity index (χ0) is 15.6. The average molecular weight is 298 g/mol. The van der Waals surface area contributed by atoms with E-state index in [0.29, 0.717) is 12.8 Å². The molecule has 122 valence electrons. The molecule has 2 N–H and O–H groups in total. The van der Waals surface area contributed by atoms with Gasteiger partial charge in [-0.2, -0.15) is 0 Å². The molecular formula is C17H30O4. The van der Waals surface area contributed by atoms with Crippen LogP contribution in [-0.4, -0.2) is 22.2 Å². The van der Waals surface area contributed by atoms with Crippen LogP contribution in [0.3, 0.4) is 0 Å². The van der Waals surface area contributed by atoms with Crippen LogP contribution in [0.15, 0.2) is 0 Å². The smallest absolute Gasteiger partial charge is 0.309 e. The Morgan fingerprint density at radius 2 is 1.10 bits per heavy atom. The fourth-order valence-electron chi connectivity index (χ4n) is 3.38. The first kappa shape index (κ1) is 18.0. The molecule has 0 heterocycles. The molecular weight excluding hydrogens is 268 g/mol. The lowest BCUT2D eigenvalue weighted by Crippen LogP contribution is -2.32. The van der Waals surface area contributed by atoms with E-state index in [1.54, 1.807) is 0 Å². The topological polar surface area (TPSA) is 74.6 Å². The van der Waals surface area contributed by atoms with Gasteiger partial charge in [-0.05, 0) is 19.3 Å². The predicted molar refractivity (Wildman–Crippen MR) is 82.3 cm³/mol. The van der Waals surface area contributed by atoms with Crippen molar-refractivity contribution in [2.24, 2.45) is 5.41 Å². The lowest BCUT2D eigenvalue weighted by Gasteiger charge is -2.29. The molecule has 1 saturated carbocycles. The van der Waals surface area contributed by atoms with E-state index in [1.165, 1.54) is 38.5 Å². The van der Waals surface area contributed by atoms with Gasteiger partial charge in [0.15, 0.2) is 0 Å². The van der Waals surface area contributed by atoms with Crippen LogP contribution in [0.4, 0.5) is 0 Å². The van der Waals surface area contributed by atoms with Crippen molar-refractivity contribution in [3.05, 3.63) is 0 Å². The first-order valence-corrected chi connectivity index (χ1v) is 8.52. The summed E-state index contributed by atoms with van der Waals surface area (Å²) in [6, 6.07) is 0. The molecule has 0 aromatic rings. The van der Waals surface area contributed by atoms with Gasteiger partial charge in [0.1, 0.15) is 0 Å². The molecule has 1 aliphatic rings. The third-order valence-electron chi connectivity index (χ3n) is 4.83. The molecule has 0 radical (unpaired) electrons. The van der Waals surface area contributed by atoms with Crippen molar-refractivity contribution >= 4 is 11.9 Å². The molecule has 21 heavy (non-hydrogen) atoms. The molecule has 0 amide bonds. The lowest BCUT2D eigenvalue weighted by atomic mass is 9.74. The Balaban J connectivity index is 2.66. The summed E-state index contributed by atoms with van der Waals surface area (Å²) >= 11 is 0. The molecule has 0 unspecified atom stereocenters. The standard InChI is InChI=1S/C17H30O4/c18-15(19)11-14-17(16(20)21)12-9-7-5-3-1-2-4-6-8-10-13-17/h1-14H2,(H,18,19)(H,20,21). The maximum absolute atomic E-state index is 11.8. The normalized spacial score (nSPS) is 21.5. The van der Waals surface area contributed by atoms with E-state index < -0.39 is 17.4 Å². The van der Waals surface area contributed by atoms with Crippen LogP contribution in [0, 0.1) is 5.41 Å². The quantitative estimate of drug-likeness (QED) is 0.794.